The molecule has 1 aliphatic rings. The van der Waals surface area contributed by atoms with Gasteiger partial charge in [-0.15, -0.1) is 0 Å². The fourth-order valence-corrected chi connectivity index (χ4v) is 4.79. The third kappa shape index (κ3) is 6.89. The van der Waals surface area contributed by atoms with Crippen molar-refractivity contribution in [2.75, 3.05) is 13.1 Å². The molecule has 0 radical (unpaired) electrons. The molecular formula is C28H29ClN2O4S. The number of carboxylic acid groups (broad SMARTS) is 1. The first-order chi connectivity index (χ1) is 17.4. The number of oxime groups is 1. The summed E-state index contributed by atoms with van der Waals surface area (Å²) < 4.78 is 0. The molecule has 36 heavy (non-hydrogen) atoms. The highest BCUT2D eigenvalue weighted by Gasteiger charge is 2.44. The first-order valence-corrected chi connectivity index (χ1v) is 13.0. The highest BCUT2D eigenvalue weighted by Crippen LogP contribution is 2.41. The maximum atomic E-state index is 11.7. The van der Waals surface area contributed by atoms with Gasteiger partial charge in [-0.3, -0.25) is 4.79 Å². The Morgan fingerprint density at radius 3 is 1.92 bits per heavy atom. The maximum Gasteiger partial charge on any atom is 0.353 e. The average Bonchev–Trinajstić information content (AvgIpc) is 3.38. The number of nitrogens with zero attached hydrogens (tertiary/aromatic N) is 2. The Bertz CT molecular complexity index is 1130. The van der Waals surface area contributed by atoms with E-state index in [9.17, 15) is 9.59 Å². The highest BCUT2D eigenvalue weighted by atomic mass is 35.5. The molecule has 0 atom stereocenters. The topological polar surface area (TPSA) is 79.2 Å². The molecule has 1 aliphatic heterocycles. The number of carbonyl (C=O) groups excluding carboxylic acids is 1. The van der Waals surface area contributed by atoms with Gasteiger partial charge in [-0.1, -0.05) is 101 Å². The minimum atomic E-state index is -1.04. The van der Waals surface area contributed by atoms with Crippen LogP contribution in [0.15, 0.2) is 90.1 Å². The second-order valence-electron chi connectivity index (χ2n) is 8.02. The van der Waals surface area contributed by atoms with E-state index in [0.29, 0.717) is 5.75 Å². The lowest BCUT2D eigenvalue weighted by molar-refractivity contribution is -0.129. The van der Waals surface area contributed by atoms with Gasteiger partial charge in [0, 0.05) is 35.0 Å². The van der Waals surface area contributed by atoms with Crippen LogP contribution >= 0.6 is 23.4 Å². The summed E-state index contributed by atoms with van der Waals surface area (Å²) in [6, 6.07) is 26.7. The van der Waals surface area contributed by atoms with E-state index >= 15 is 0 Å². The summed E-state index contributed by atoms with van der Waals surface area (Å²) in [5, 5.41) is 13.8. The molecule has 188 valence electrons. The standard InChI is InChI=1S/C16H13NO3.C12H16ClNOS/c18-15(19)14-11-16(20-17-14,12-7-3-1-4-8-12)13-9-5-2-6-10-13;1-3-14(4-2)12(15)16-9-10-5-7-11(13)8-6-10/h1-10H,11H2,(H,18,19);5-8H,3-4,9H2,1-2H3. The summed E-state index contributed by atoms with van der Waals surface area (Å²) in [5.74, 6) is -0.342. The van der Waals surface area contributed by atoms with Crippen molar-refractivity contribution in [3.63, 3.8) is 0 Å². The van der Waals surface area contributed by atoms with Crippen molar-refractivity contribution in [3.05, 3.63) is 107 Å². The third-order valence-electron chi connectivity index (χ3n) is 5.75. The van der Waals surface area contributed by atoms with E-state index in [-0.39, 0.29) is 17.4 Å². The molecule has 0 saturated carbocycles. The predicted molar refractivity (Wildman–Crippen MR) is 146 cm³/mol. The van der Waals surface area contributed by atoms with Crippen LogP contribution in [-0.2, 0) is 21.0 Å². The van der Waals surface area contributed by atoms with E-state index in [0.717, 1.165) is 34.8 Å². The van der Waals surface area contributed by atoms with E-state index in [4.69, 9.17) is 21.5 Å². The highest BCUT2D eigenvalue weighted by molar-refractivity contribution is 8.12. The molecule has 3 aromatic carbocycles. The molecule has 0 bridgehead atoms. The van der Waals surface area contributed by atoms with Crippen molar-refractivity contribution >= 4 is 40.3 Å². The number of thioether (sulfide) groups is 1. The number of rotatable bonds is 7. The van der Waals surface area contributed by atoms with Gasteiger partial charge in [-0.05, 0) is 31.5 Å². The van der Waals surface area contributed by atoms with E-state index in [1.165, 1.54) is 11.8 Å². The van der Waals surface area contributed by atoms with Gasteiger partial charge >= 0.3 is 5.97 Å². The largest absolute Gasteiger partial charge is 0.477 e. The smallest absolute Gasteiger partial charge is 0.353 e. The van der Waals surface area contributed by atoms with Crippen LogP contribution in [0.1, 0.15) is 37.0 Å². The molecule has 0 saturated heterocycles. The number of halogens is 1. The lowest BCUT2D eigenvalue weighted by Gasteiger charge is -2.27. The molecule has 0 spiro atoms. The number of benzene rings is 3. The number of hydrogen-bond acceptors (Lipinski definition) is 5. The molecule has 0 fully saturated rings. The van der Waals surface area contributed by atoms with Gasteiger partial charge in [-0.25, -0.2) is 4.79 Å². The van der Waals surface area contributed by atoms with E-state index in [2.05, 4.69) is 5.16 Å². The van der Waals surface area contributed by atoms with Crippen LogP contribution in [0.25, 0.3) is 0 Å². The molecule has 1 N–H and O–H groups in total. The number of amides is 1. The molecular weight excluding hydrogens is 496 g/mol. The van der Waals surface area contributed by atoms with Gasteiger partial charge < -0.3 is 14.8 Å². The van der Waals surface area contributed by atoms with Gasteiger partial charge in [0.05, 0.1) is 6.42 Å². The maximum absolute atomic E-state index is 11.7. The van der Waals surface area contributed by atoms with Gasteiger partial charge in [0.25, 0.3) is 5.24 Å². The molecule has 0 aromatic heterocycles. The SMILES string of the molecule is CCN(CC)C(=O)SCc1ccc(Cl)cc1.O=C(O)C1=NOC(c2ccccc2)(c2ccccc2)C1. The minimum absolute atomic E-state index is 0.0395. The molecule has 1 amide bonds. The van der Waals surface area contributed by atoms with Gasteiger partial charge in [0.2, 0.25) is 0 Å². The normalized spacial score (nSPS) is 13.6. The summed E-state index contributed by atoms with van der Waals surface area (Å²) >= 11 is 7.12. The summed E-state index contributed by atoms with van der Waals surface area (Å²) in [6.07, 6.45) is 0.219. The Morgan fingerprint density at radius 2 is 1.47 bits per heavy atom. The number of carbonyl (C=O) groups is 2. The Labute approximate surface area is 220 Å². The molecule has 0 unspecified atom stereocenters. The molecule has 0 aliphatic carbocycles. The van der Waals surface area contributed by atoms with Crippen LogP contribution in [-0.4, -0.2) is 40.0 Å². The fraction of sp³-hybridized carbons (Fsp3) is 0.250. The number of carboxylic acids is 1. The zero-order valence-electron chi connectivity index (χ0n) is 20.3. The van der Waals surface area contributed by atoms with Gasteiger partial charge in [0.15, 0.2) is 11.3 Å². The molecule has 3 aromatic rings. The Kier molecular flexibility index (Phi) is 9.96. The van der Waals surface area contributed by atoms with Crippen molar-refractivity contribution in [2.24, 2.45) is 5.16 Å². The molecule has 4 rings (SSSR count). The van der Waals surface area contributed by atoms with Crippen molar-refractivity contribution in [2.45, 2.75) is 31.6 Å². The zero-order chi connectivity index (χ0) is 26.0. The van der Waals surface area contributed by atoms with Crippen LogP contribution in [0.4, 0.5) is 4.79 Å². The van der Waals surface area contributed by atoms with Crippen LogP contribution in [0.2, 0.25) is 5.02 Å². The lowest BCUT2D eigenvalue weighted by atomic mass is 9.82. The summed E-state index contributed by atoms with van der Waals surface area (Å²) in [6.45, 7) is 5.51. The molecule has 8 heteroatoms. The second kappa shape index (κ2) is 13.1. The Hall–Kier alpha value is -3.29. The van der Waals surface area contributed by atoms with E-state index < -0.39 is 11.6 Å². The first kappa shape index (κ1) is 27.3. The van der Waals surface area contributed by atoms with Crippen LogP contribution in [0.3, 0.4) is 0 Å². The van der Waals surface area contributed by atoms with E-state index in [1.54, 1.807) is 0 Å². The zero-order valence-corrected chi connectivity index (χ0v) is 21.8. The lowest BCUT2D eigenvalue weighted by Crippen LogP contribution is -2.29. The molecule has 1 heterocycles. The predicted octanol–water partition coefficient (Wildman–Crippen LogP) is 6.83. The fourth-order valence-electron chi connectivity index (χ4n) is 3.74. The third-order valence-corrected chi connectivity index (χ3v) is 6.99. The van der Waals surface area contributed by atoms with Crippen molar-refractivity contribution in [3.8, 4) is 0 Å². The quantitative estimate of drug-likeness (QED) is 0.366. The van der Waals surface area contributed by atoms with Crippen molar-refractivity contribution < 1.29 is 19.5 Å². The first-order valence-electron chi connectivity index (χ1n) is 11.6. The van der Waals surface area contributed by atoms with Crippen molar-refractivity contribution in [1.29, 1.82) is 0 Å². The summed E-state index contributed by atoms with van der Waals surface area (Å²) in [4.78, 5) is 30.3. The summed E-state index contributed by atoms with van der Waals surface area (Å²) in [7, 11) is 0. The van der Waals surface area contributed by atoms with Gasteiger partial charge in [-0.2, -0.15) is 0 Å². The van der Waals surface area contributed by atoms with Crippen molar-refractivity contribution in [1.82, 2.24) is 4.90 Å². The number of aliphatic carboxylic acids is 1. The minimum Gasteiger partial charge on any atom is -0.477 e. The van der Waals surface area contributed by atoms with Crippen LogP contribution in [0.5, 0.6) is 0 Å². The monoisotopic (exact) mass is 524 g/mol. The average molecular weight is 525 g/mol. The van der Waals surface area contributed by atoms with Crippen LogP contribution < -0.4 is 0 Å². The van der Waals surface area contributed by atoms with Gasteiger partial charge in [0.1, 0.15) is 0 Å². The summed E-state index contributed by atoms with van der Waals surface area (Å²) in [5.41, 5.74) is 2.10. The Balaban J connectivity index is 0.000000207. The molecule has 6 nitrogen and oxygen atoms in total. The Morgan fingerprint density at radius 1 is 0.944 bits per heavy atom. The van der Waals surface area contributed by atoms with Crippen LogP contribution in [0, 0.1) is 0 Å². The second-order valence-corrected chi connectivity index (χ2v) is 9.39. The van der Waals surface area contributed by atoms with E-state index in [1.807, 2.05) is 104 Å². The number of hydrogen-bond donors (Lipinski definition) is 1.